The van der Waals surface area contributed by atoms with Crippen molar-refractivity contribution in [3.05, 3.63) is 0 Å². The van der Waals surface area contributed by atoms with Crippen molar-refractivity contribution >= 4 is 0 Å². The van der Waals surface area contributed by atoms with Crippen molar-refractivity contribution in [3.8, 4) is 0 Å². The maximum Gasteiger partial charge on any atom is 0.319 e. The first-order valence-electron chi connectivity index (χ1n) is 4.06. The van der Waals surface area contributed by atoms with E-state index in [1.807, 2.05) is 0 Å². The Bertz CT molecular complexity index is 146. The molecule has 0 amide bonds. The van der Waals surface area contributed by atoms with Gasteiger partial charge < -0.3 is 15.2 Å². The van der Waals surface area contributed by atoms with Crippen molar-refractivity contribution in [3.63, 3.8) is 0 Å². The first-order valence-corrected chi connectivity index (χ1v) is 4.06. The van der Waals surface area contributed by atoms with Gasteiger partial charge in [-0.3, -0.25) is 0 Å². The molecule has 0 saturated carbocycles. The summed E-state index contributed by atoms with van der Waals surface area (Å²) >= 11 is 0. The Morgan fingerprint density at radius 1 is 1.29 bits per heavy atom. The molecule has 0 saturated heterocycles. The quantitative estimate of drug-likeness (QED) is 0.461. The largest absolute Gasteiger partial charge is 0.394 e. The lowest BCUT2D eigenvalue weighted by Crippen LogP contribution is -2.40. The lowest BCUT2D eigenvalue weighted by Gasteiger charge is -2.15. The molecule has 0 spiro atoms. The number of alkyl halides is 4. The molecule has 0 aromatic rings. The number of hydrogen-bond acceptors (Lipinski definition) is 3. The van der Waals surface area contributed by atoms with Gasteiger partial charge in [-0.1, -0.05) is 0 Å². The van der Waals surface area contributed by atoms with Gasteiger partial charge in [-0.25, -0.2) is 8.78 Å². The zero-order valence-electron chi connectivity index (χ0n) is 7.48. The molecule has 7 heteroatoms. The second-order valence-electron chi connectivity index (χ2n) is 2.57. The monoisotopic (exact) mass is 219 g/mol. The minimum atomic E-state index is -4.00. The third-order valence-corrected chi connectivity index (χ3v) is 1.34. The van der Waals surface area contributed by atoms with Gasteiger partial charge in [0.1, 0.15) is 0 Å². The molecule has 0 unspecified atom stereocenters. The van der Waals surface area contributed by atoms with Crippen LogP contribution in [0.1, 0.15) is 0 Å². The molecule has 3 nitrogen and oxygen atoms in total. The summed E-state index contributed by atoms with van der Waals surface area (Å²) in [5.74, 6) is -4.00. The zero-order valence-corrected chi connectivity index (χ0v) is 7.48. The fourth-order valence-corrected chi connectivity index (χ4v) is 0.643. The van der Waals surface area contributed by atoms with E-state index < -0.39 is 18.9 Å². The van der Waals surface area contributed by atoms with Crippen LogP contribution in [0.25, 0.3) is 0 Å². The lowest BCUT2D eigenvalue weighted by atomic mass is 10.3. The Hall–Kier alpha value is -0.400. The Labute approximate surface area is 79.0 Å². The van der Waals surface area contributed by atoms with Crippen molar-refractivity contribution in [1.82, 2.24) is 5.32 Å². The fourth-order valence-electron chi connectivity index (χ4n) is 0.643. The summed E-state index contributed by atoms with van der Waals surface area (Å²) < 4.78 is 52.3. The van der Waals surface area contributed by atoms with Gasteiger partial charge in [0.2, 0.25) is 0 Å². The van der Waals surface area contributed by atoms with Crippen LogP contribution in [0.2, 0.25) is 0 Å². The van der Waals surface area contributed by atoms with Crippen molar-refractivity contribution < 1.29 is 27.4 Å². The Morgan fingerprint density at radius 2 is 1.93 bits per heavy atom. The predicted molar refractivity (Wildman–Crippen MR) is 41.7 cm³/mol. The highest BCUT2D eigenvalue weighted by Gasteiger charge is 2.39. The standard InChI is InChI=1S/C7H13F4NO2/c8-6(9)7(10,11)5-12-1-3-14-4-2-13/h6,12-13H,1-5H2. The van der Waals surface area contributed by atoms with Crippen molar-refractivity contribution in [2.75, 3.05) is 32.9 Å². The van der Waals surface area contributed by atoms with E-state index in [2.05, 4.69) is 5.32 Å². The highest BCUT2D eigenvalue weighted by atomic mass is 19.3. The minimum Gasteiger partial charge on any atom is -0.394 e. The topological polar surface area (TPSA) is 41.5 Å². The van der Waals surface area contributed by atoms with Crippen LogP contribution in [0.4, 0.5) is 17.6 Å². The summed E-state index contributed by atoms with van der Waals surface area (Å²) in [6.07, 6.45) is -3.66. The van der Waals surface area contributed by atoms with Crippen molar-refractivity contribution in [2.45, 2.75) is 12.3 Å². The van der Waals surface area contributed by atoms with E-state index in [0.29, 0.717) is 0 Å². The van der Waals surface area contributed by atoms with Crippen LogP contribution < -0.4 is 5.32 Å². The maximum atomic E-state index is 12.2. The maximum absolute atomic E-state index is 12.2. The number of rotatable bonds is 8. The van der Waals surface area contributed by atoms with Gasteiger partial charge in [0.05, 0.1) is 26.4 Å². The van der Waals surface area contributed by atoms with Crippen LogP contribution in [-0.4, -0.2) is 50.4 Å². The van der Waals surface area contributed by atoms with Crippen LogP contribution in [0, 0.1) is 0 Å². The molecular weight excluding hydrogens is 206 g/mol. The number of aliphatic hydroxyl groups excluding tert-OH is 1. The lowest BCUT2D eigenvalue weighted by molar-refractivity contribution is -0.125. The van der Waals surface area contributed by atoms with Crippen molar-refractivity contribution in [1.29, 1.82) is 0 Å². The van der Waals surface area contributed by atoms with E-state index in [9.17, 15) is 17.6 Å². The molecule has 0 radical (unpaired) electrons. The van der Waals surface area contributed by atoms with Gasteiger partial charge in [0.15, 0.2) is 0 Å². The van der Waals surface area contributed by atoms with Crippen LogP contribution in [0.15, 0.2) is 0 Å². The average molecular weight is 219 g/mol. The summed E-state index contributed by atoms with van der Waals surface area (Å²) in [5.41, 5.74) is 0. The number of hydrogen-bond donors (Lipinski definition) is 2. The summed E-state index contributed by atoms with van der Waals surface area (Å²) in [7, 11) is 0. The molecule has 0 fully saturated rings. The third kappa shape index (κ3) is 6.11. The molecule has 0 aromatic carbocycles. The van der Waals surface area contributed by atoms with E-state index in [0.717, 1.165) is 0 Å². The number of ether oxygens (including phenoxy) is 1. The molecule has 0 aliphatic carbocycles. The number of halogens is 4. The summed E-state index contributed by atoms with van der Waals surface area (Å²) in [6, 6.07) is 0. The van der Waals surface area contributed by atoms with Gasteiger partial charge in [0.25, 0.3) is 0 Å². The number of aliphatic hydroxyl groups is 1. The number of nitrogens with one attached hydrogen (secondary N) is 1. The SMILES string of the molecule is OCCOCCNCC(F)(F)C(F)F. The van der Waals surface area contributed by atoms with Crippen LogP contribution >= 0.6 is 0 Å². The van der Waals surface area contributed by atoms with E-state index in [1.54, 1.807) is 0 Å². The van der Waals surface area contributed by atoms with E-state index in [1.165, 1.54) is 0 Å². The summed E-state index contributed by atoms with van der Waals surface area (Å²) in [5, 5.41) is 10.4. The Balaban J connectivity index is 3.35. The molecule has 2 N–H and O–H groups in total. The van der Waals surface area contributed by atoms with Crippen LogP contribution in [0.5, 0.6) is 0 Å². The Morgan fingerprint density at radius 3 is 2.43 bits per heavy atom. The molecule has 0 atom stereocenters. The second kappa shape index (κ2) is 6.97. The highest BCUT2D eigenvalue weighted by molar-refractivity contribution is 4.71. The molecule has 0 aliphatic rings. The van der Waals surface area contributed by atoms with Gasteiger partial charge in [-0.15, -0.1) is 0 Å². The summed E-state index contributed by atoms with van der Waals surface area (Å²) in [6.45, 7) is -0.991. The first kappa shape index (κ1) is 13.6. The van der Waals surface area contributed by atoms with E-state index >= 15 is 0 Å². The average Bonchev–Trinajstić information content (AvgIpc) is 2.10. The molecule has 0 bridgehead atoms. The smallest absolute Gasteiger partial charge is 0.319 e. The van der Waals surface area contributed by atoms with E-state index in [4.69, 9.17) is 9.84 Å². The van der Waals surface area contributed by atoms with Crippen LogP contribution in [0.3, 0.4) is 0 Å². The fraction of sp³-hybridized carbons (Fsp3) is 1.00. The highest BCUT2D eigenvalue weighted by Crippen LogP contribution is 2.21. The van der Waals surface area contributed by atoms with Gasteiger partial charge in [0, 0.05) is 6.54 Å². The molecule has 0 aromatic heterocycles. The molecule has 0 heterocycles. The minimum absolute atomic E-state index is 0.0440. The molecule has 0 rings (SSSR count). The van der Waals surface area contributed by atoms with Gasteiger partial charge >= 0.3 is 12.3 Å². The molecular formula is C7H13F4NO2. The second-order valence-corrected chi connectivity index (χ2v) is 2.57. The summed E-state index contributed by atoms with van der Waals surface area (Å²) in [4.78, 5) is 0. The van der Waals surface area contributed by atoms with Crippen molar-refractivity contribution in [2.24, 2.45) is 0 Å². The zero-order chi connectivity index (χ0) is 11.0. The normalized spacial score (nSPS) is 12.4. The van der Waals surface area contributed by atoms with Crippen LogP contribution in [-0.2, 0) is 4.74 Å². The molecule has 14 heavy (non-hydrogen) atoms. The van der Waals surface area contributed by atoms with Gasteiger partial charge in [-0.05, 0) is 0 Å². The Kier molecular flexibility index (Phi) is 6.77. The third-order valence-electron chi connectivity index (χ3n) is 1.34. The first-order chi connectivity index (χ1) is 6.50. The molecule has 86 valence electrons. The molecule has 0 aliphatic heterocycles. The van der Waals surface area contributed by atoms with Gasteiger partial charge in [-0.2, -0.15) is 8.78 Å². The van der Waals surface area contributed by atoms with E-state index in [-0.39, 0.29) is 26.4 Å². The predicted octanol–water partition coefficient (Wildman–Crippen LogP) is 0.485.